The van der Waals surface area contributed by atoms with Crippen LogP contribution in [-0.4, -0.2) is 27.1 Å². The van der Waals surface area contributed by atoms with Gasteiger partial charge < -0.3 is 5.32 Å². The molecule has 0 aliphatic rings. The molecule has 0 saturated carbocycles. The van der Waals surface area contributed by atoms with Gasteiger partial charge in [0.1, 0.15) is 6.54 Å². The van der Waals surface area contributed by atoms with Gasteiger partial charge >= 0.3 is 0 Å². The number of aryl methyl sites for hydroxylation is 2. The molecule has 0 heterocycles. The van der Waals surface area contributed by atoms with E-state index in [1.165, 1.54) is 12.1 Å². The number of carbonyl (C=O) groups is 1. The second-order valence-corrected chi connectivity index (χ2v) is 9.77. The first-order chi connectivity index (χ1) is 12.9. The van der Waals surface area contributed by atoms with Gasteiger partial charge in [-0.25, -0.2) is 8.42 Å². The highest BCUT2D eigenvalue weighted by Gasteiger charge is 2.25. The molecule has 1 N–H and O–H groups in total. The maximum atomic E-state index is 12.6. The Labute approximate surface area is 180 Å². The van der Waals surface area contributed by atoms with Gasteiger partial charge in [0.25, 0.3) is 0 Å². The van der Waals surface area contributed by atoms with Crippen molar-refractivity contribution in [2.24, 2.45) is 0 Å². The zero-order valence-corrected chi connectivity index (χ0v) is 19.0. The number of sulfonamides is 1. The summed E-state index contributed by atoms with van der Waals surface area (Å²) in [5.41, 5.74) is 3.16. The molecule has 2 rings (SSSR count). The highest BCUT2D eigenvalue weighted by molar-refractivity contribution is 7.92. The number of nitrogens with zero attached hydrogens (tertiary/aromatic N) is 1. The molecule has 1 amide bonds. The number of hydrogen-bond donors (Lipinski definition) is 1. The van der Waals surface area contributed by atoms with Crippen LogP contribution in [0.2, 0.25) is 15.1 Å². The Morgan fingerprint density at radius 2 is 1.68 bits per heavy atom. The lowest BCUT2D eigenvalue weighted by atomic mass is 10.00. The third-order valence-corrected chi connectivity index (χ3v) is 6.38. The van der Waals surface area contributed by atoms with Crippen molar-refractivity contribution in [2.45, 2.75) is 26.8 Å². The molecule has 28 heavy (non-hydrogen) atoms. The molecule has 152 valence electrons. The summed E-state index contributed by atoms with van der Waals surface area (Å²) < 4.78 is 25.5. The Bertz CT molecular complexity index is 1010. The van der Waals surface area contributed by atoms with Gasteiger partial charge in [-0.1, -0.05) is 58.6 Å². The fourth-order valence-electron chi connectivity index (χ4n) is 2.81. The van der Waals surface area contributed by atoms with Crippen molar-refractivity contribution < 1.29 is 13.2 Å². The van der Waals surface area contributed by atoms with Gasteiger partial charge in [0.05, 0.1) is 33.1 Å². The summed E-state index contributed by atoms with van der Waals surface area (Å²) >= 11 is 18.1. The summed E-state index contributed by atoms with van der Waals surface area (Å²) in [5.74, 6) is -0.471. The Balaban J connectivity index is 2.27. The molecule has 0 radical (unpaired) electrons. The molecule has 9 heteroatoms. The van der Waals surface area contributed by atoms with E-state index in [4.69, 9.17) is 34.8 Å². The van der Waals surface area contributed by atoms with Crippen molar-refractivity contribution in [3.8, 4) is 0 Å². The second-order valence-electron chi connectivity index (χ2n) is 6.64. The number of amides is 1. The van der Waals surface area contributed by atoms with Crippen LogP contribution in [0.1, 0.15) is 29.7 Å². The molecule has 0 aliphatic carbocycles. The number of hydrogen-bond acceptors (Lipinski definition) is 3. The van der Waals surface area contributed by atoms with Crippen LogP contribution in [0.4, 0.5) is 5.69 Å². The average molecular weight is 464 g/mol. The number of benzene rings is 2. The largest absolute Gasteiger partial charge is 0.348 e. The molecule has 0 bridgehead atoms. The van der Waals surface area contributed by atoms with Crippen molar-refractivity contribution in [3.63, 3.8) is 0 Å². The number of halogens is 3. The summed E-state index contributed by atoms with van der Waals surface area (Å²) in [4.78, 5) is 12.6. The smallest absolute Gasteiger partial charge is 0.241 e. The average Bonchev–Trinajstić information content (AvgIpc) is 2.57. The second kappa shape index (κ2) is 8.91. The lowest BCUT2D eigenvalue weighted by Gasteiger charge is -2.25. The summed E-state index contributed by atoms with van der Waals surface area (Å²) in [6.45, 7) is 5.33. The monoisotopic (exact) mass is 462 g/mol. The Hall–Kier alpha value is -1.47. The van der Waals surface area contributed by atoms with Gasteiger partial charge in [-0.15, -0.1) is 0 Å². The fraction of sp³-hybridized carbons (Fsp3) is 0.316. The van der Waals surface area contributed by atoms with Crippen LogP contribution >= 0.6 is 34.8 Å². The van der Waals surface area contributed by atoms with E-state index in [1.54, 1.807) is 0 Å². The van der Waals surface area contributed by atoms with E-state index in [-0.39, 0.29) is 26.8 Å². The summed E-state index contributed by atoms with van der Waals surface area (Å²) in [6, 6.07) is 8.34. The van der Waals surface area contributed by atoms with Crippen molar-refractivity contribution >= 4 is 56.4 Å². The van der Waals surface area contributed by atoms with Crippen LogP contribution in [0.3, 0.4) is 0 Å². The Kier molecular flexibility index (Phi) is 7.26. The van der Waals surface area contributed by atoms with E-state index >= 15 is 0 Å². The van der Waals surface area contributed by atoms with Crippen LogP contribution in [-0.2, 0) is 14.8 Å². The van der Waals surface area contributed by atoms with Gasteiger partial charge in [0.15, 0.2) is 0 Å². The molecule has 0 saturated heterocycles. The standard InChI is InChI=1S/C19H21Cl3N2O3S/c1-11-5-6-12(2)14(7-11)13(3)23-19(25)10-24(28(4,26)27)18-9-16(21)15(20)8-17(18)22/h5-9,13H,10H2,1-4H3,(H,23,25). The molecule has 2 aromatic carbocycles. The van der Waals surface area contributed by atoms with Crippen molar-refractivity contribution in [2.75, 3.05) is 17.1 Å². The van der Waals surface area contributed by atoms with Gasteiger partial charge in [-0.3, -0.25) is 9.10 Å². The minimum atomic E-state index is -3.79. The zero-order valence-electron chi connectivity index (χ0n) is 15.9. The topological polar surface area (TPSA) is 66.5 Å². The quantitative estimate of drug-likeness (QED) is 0.619. The SMILES string of the molecule is Cc1ccc(C)c(C(C)NC(=O)CN(c2cc(Cl)c(Cl)cc2Cl)S(C)(=O)=O)c1. The maximum absolute atomic E-state index is 12.6. The van der Waals surface area contributed by atoms with E-state index in [2.05, 4.69) is 5.32 Å². The summed E-state index contributed by atoms with van der Waals surface area (Å²) in [7, 11) is -3.79. The van der Waals surface area contributed by atoms with Crippen molar-refractivity contribution in [1.82, 2.24) is 5.32 Å². The zero-order chi connectivity index (χ0) is 21.2. The first-order valence-electron chi connectivity index (χ1n) is 8.39. The minimum Gasteiger partial charge on any atom is -0.348 e. The number of rotatable bonds is 6. The predicted octanol–water partition coefficient (Wildman–Crippen LogP) is 4.91. The maximum Gasteiger partial charge on any atom is 0.241 e. The van der Waals surface area contributed by atoms with Crippen LogP contribution in [0.15, 0.2) is 30.3 Å². The first kappa shape index (κ1) is 22.8. The third-order valence-electron chi connectivity index (χ3n) is 4.22. The summed E-state index contributed by atoms with van der Waals surface area (Å²) in [5, 5.41) is 3.24. The molecule has 0 spiro atoms. The number of anilines is 1. The molecule has 1 unspecified atom stereocenters. The Morgan fingerprint density at radius 1 is 1.07 bits per heavy atom. The lowest BCUT2D eigenvalue weighted by Crippen LogP contribution is -2.41. The van der Waals surface area contributed by atoms with Crippen LogP contribution in [0, 0.1) is 13.8 Å². The molecule has 0 aliphatic heterocycles. The normalized spacial score (nSPS) is 12.5. The molecule has 5 nitrogen and oxygen atoms in total. The number of nitrogens with one attached hydrogen (secondary N) is 1. The van der Waals surface area contributed by atoms with Gasteiger partial charge in [0, 0.05) is 0 Å². The van der Waals surface area contributed by atoms with Crippen molar-refractivity contribution in [1.29, 1.82) is 0 Å². The van der Waals surface area contributed by atoms with E-state index < -0.39 is 22.5 Å². The van der Waals surface area contributed by atoms with E-state index in [9.17, 15) is 13.2 Å². The minimum absolute atomic E-state index is 0.0789. The van der Waals surface area contributed by atoms with Gasteiger partial charge in [-0.2, -0.15) is 0 Å². The van der Waals surface area contributed by atoms with Crippen LogP contribution in [0.5, 0.6) is 0 Å². The van der Waals surface area contributed by atoms with E-state index in [1.807, 2.05) is 39.0 Å². The number of carbonyl (C=O) groups excluding carboxylic acids is 1. The third kappa shape index (κ3) is 5.54. The van der Waals surface area contributed by atoms with E-state index in [0.29, 0.717) is 0 Å². The molecule has 0 fully saturated rings. The van der Waals surface area contributed by atoms with Crippen LogP contribution < -0.4 is 9.62 Å². The fourth-order valence-corrected chi connectivity index (χ4v) is 4.36. The molecule has 0 aromatic heterocycles. The molecule has 2 aromatic rings. The Morgan fingerprint density at radius 3 is 2.29 bits per heavy atom. The van der Waals surface area contributed by atoms with Gasteiger partial charge in [0.2, 0.25) is 15.9 Å². The van der Waals surface area contributed by atoms with Gasteiger partial charge in [-0.05, 0) is 44.0 Å². The molecular weight excluding hydrogens is 443 g/mol. The highest BCUT2D eigenvalue weighted by Crippen LogP contribution is 2.35. The first-order valence-corrected chi connectivity index (χ1v) is 11.4. The highest BCUT2D eigenvalue weighted by atomic mass is 35.5. The van der Waals surface area contributed by atoms with Crippen molar-refractivity contribution in [3.05, 3.63) is 62.1 Å². The summed E-state index contributed by atoms with van der Waals surface area (Å²) in [6.07, 6.45) is 0.993. The molecule has 1 atom stereocenters. The predicted molar refractivity (Wildman–Crippen MR) is 116 cm³/mol. The van der Waals surface area contributed by atoms with E-state index in [0.717, 1.165) is 27.3 Å². The lowest BCUT2D eigenvalue weighted by molar-refractivity contribution is -0.120. The van der Waals surface area contributed by atoms with Crippen LogP contribution in [0.25, 0.3) is 0 Å². The molecular formula is C19H21Cl3N2O3S.